The fraction of sp³-hybridized carbons (Fsp3) is 0.300. The minimum atomic E-state index is -0.323. The van der Waals surface area contributed by atoms with Crippen LogP contribution in [-0.2, 0) is 4.79 Å². The van der Waals surface area contributed by atoms with Gasteiger partial charge in [0.15, 0.2) is 0 Å². The monoisotopic (exact) mass is 389 g/mol. The van der Waals surface area contributed by atoms with E-state index in [0.29, 0.717) is 31.7 Å². The van der Waals surface area contributed by atoms with Gasteiger partial charge in [0.2, 0.25) is 5.91 Å². The SMILES string of the molecule is Cl.NC(CC(=O)N1CCN(C(=O)c2cccc(O)c2)CC1)c1ccccc1. The molecule has 2 aromatic carbocycles. The van der Waals surface area contributed by atoms with Gasteiger partial charge in [-0.1, -0.05) is 36.4 Å². The van der Waals surface area contributed by atoms with Crippen LogP contribution < -0.4 is 5.73 Å². The number of carbonyl (C=O) groups excluding carboxylic acids is 2. The fourth-order valence-electron chi connectivity index (χ4n) is 3.12. The van der Waals surface area contributed by atoms with Crippen molar-refractivity contribution in [1.82, 2.24) is 9.80 Å². The Morgan fingerprint density at radius 2 is 1.59 bits per heavy atom. The lowest BCUT2D eigenvalue weighted by atomic mass is 10.0. The molecule has 2 amide bonds. The van der Waals surface area contributed by atoms with Crippen molar-refractivity contribution in [2.24, 2.45) is 5.73 Å². The van der Waals surface area contributed by atoms with Gasteiger partial charge in [-0.3, -0.25) is 9.59 Å². The Kier molecular flexibility index (Phi) is 7.21. The van der Waals surface area contributed by atoms with Gasteiger partial charge in [0.25, 0.3) is 5.91 Å². The molecule has 3 N–H and O–H groups in total. The van der Waals surface area contributed by atoms with Crippen LogP contribution in [0.15, 0.2) is 54.6 Å². The highest BCUT2D eigenvalue weighted by molar-refractivity contribution is 5.94. The normalized spacial score (nSPS) is 15.0. The summed E-state index contributed by atoms with van der Waals surface area (Å²) < 4.78 is 0. The predicted molar refractivity (Wildman–Crippen MR) is 106 cm³/mol. The van der Waals surface area contributed by atoms with Crippen LogP contribution in [0.1, 0.15) is 28.4 Å². The van der Waals surface area contributed by atoms with Crippen LogP contribution >= 0.6 is 12.4 Å². The summed E-state index contributed by atoms with van der Waals surface area (Å²) in [6, 6.07) is 15.6. The van der Waals surface area contributed by atoms with Crippen molar-refractivity contribution >= 4 is 24.2 Å². The summed E-state index contributed by atoms with van der Waals surface area (Å²) in [7, 11) is 0. The number of carbonyl (C=O) groups is 2. The molecule has 0 bridgehead atoms. The smallest absolute Gasteiger partial charge is 0.254 e. The van der Waals surface area contributed by atoms with Gasteiger partial charge in [0.1, 0.15) is 5.75 Å². The van der Waals surface area contributed by atoms with Crippen molar-refractivity contribution < 1.29 is 14.7 Å². The molecule has 27 heavy (non-hydrogen) atoms. The molecule has 144 valence electrons. The molecule has 0 aliphatic carbocycles. The van der Waals surface area contributed by atoms with Gasteiger partial charge < -0.3 is 20.6 Å². The van der Waals surface area contributed by atoms with E-state index in [1.165, 1.54) is 12.1 Å². The number of rotatable bonds is 4. The third-order valence-corrected chi connectivity index (χ3v) is 4.63. The van der Waals surface area contributed by atoms with E-state index in [1.54, 1.807) is 21.9 Å². The summed E-state index contributed by atoms with van der Waals surface area (Å²) in [5, 5.41) is 9.52. The van der Waals surface area contributed by atoms with E-state index in [1.807, 2.05) is 30.3 Å². The number of aromatic hydroxyl groups is 1. The molecule has 1 aliphatic rings. The van der Waals surface area contributed by atoms with Crippen LogP contribution in [0.25, 0.3) is 0 Å². The van der Waals surface area contributed by atoms with Crippen LogP contribution in [0.4, 0.5) is 0 Å². The number of phenolic OH excluding ortho intramolecular Hbond substituents is 1. The summed E-state index contributed by atoms with van der Waals surface area (Å²) >= 11 is 0. The largest absolute Gasteiger partial charge is 0.508 e. The second-order valence-electron chi connectivity index (χ2n) is 6.44. The topological polar surface area (TPSA) is 86.9 Å². The van der Waals surface area contributed by atoms with Crippen LogP contribution in [0.5, 0.6) is 5.75 Å². The first kappa shape index (κ1) is 20.7. The van der Waals surface area contributed by atoms with Crippen LogP contribution in [0.2, 0.25) is 0 Å². The number of hydrogen-bond donors (Lipinski definition) is 2. The second-order valence-corrected chi connectivity index (χ2v) is 6.44. The molecule has 1 fully saturated rings. The Labute approximate surface area is 165 Å². The summed E-state index contributed by atoms with van der Waals surface area (Å²) in [6.45, 7) is 1.93. The van der Waals surface area contributed by atoms with Gasteiger partial charge in [0, 0.05) is 44.2 Å². The minimum absolute atomic E-state index is 0. The Morgan fingerprint density at radius 1 is 0.963 bits per heavy atom. The summed E-state index contributed by atoms with van der Waals surface area (Å²) in [4.78, 5) is 28.4. The molecule has 1 saturated heterocycles. The number of piperazine rings is 1. The zero-order chi connectivity index (χ0) is 18.5. The molecule has 7 heteroatoms. The third kappa shape index (κ3) is 5.21. The number of hydrogen-bond acceptors (Lipinski definition) is 4. The van der Waals surface area contributed by atoms with E-state index < -0.39 is 0 Å². The third-order valence-electron chi connectivity index (χ3n) is 4.63. The number of phenols is 1. The quantitative estimate of drug-likeness (QED) is 0.839. The lowest BCUT2D eigenvalue weighted by molar-refractivity contribution is -0.133. The van der Waals surface area contributed by atoms with Crippen molar-refractivity contribution in [3.8, 4) is 5.75 Å². The van der Waals surface area contributed by atoms with Gasteiger partial charge in [0.05, 0.1) is 0 Å². The van der Waals surface area contributed by atoms with Gasteiger partial charge in [-0.15, -0.1) is 12.4 Å². The first-order valence-corrected chi connectivity index (χ1v) is 8.71. The van der Waals surface area contributed by atoms with Crippen molar-refractivity contribution in [2.45, 2.75) is 12.5 Å². The number of nitrogens with two attached hydrogens (primary N) is 1. The van der Waals surface area contributed by atoms with E-state index in [-0.39, 0.29) is 42.4 Å². The zero-order valence-electron chi connectivity index (χ0n) is 15.0. The molecule has 0 spiro atoms. The molecule has 2 aromatic rings. The van der Waals surface area contributed by atoms with Gasteiger partial charge >= 0.3 is 0 Å². The average molecular weight is 390 g/mol. The van der Waals surface area contributed by atoms with E-state index in [2.05, 4.69) is 0 Å². The number of amides is 2. The number of halogens is 1. The summed E-state index contributed by atoms with van der Waals surface area (Å²) in [6.07, 6.45) is 0.254. The average Bonchev–Trinajstić information content (AvgIpc) is 2.68. The highest BCUT2D eigenvalue weighted by atomic mass is 35.5. The van der Waals surface area contributed by atoms with Crippen molar-refractivity contribution in [3.05, 3.63) is 65.7 Å². The summed E-state index contributed by atoms with van der Waals surface area (Å²) in [5.41, 5.74) is 7.53. The van der Waals surface area contributed by atoms with Crippen LogP contribution in [0, 0.1) is 0 Å². The maximum atomic E-state index is 12.5. The van der Waals surface area contributed by atoms with Crippen molar-refractivity contribution in [1.29, 1.82) is 0 Å². The molecule has 0 saturated carbocycles. The van der Waals surface area contributed by atoms with Crippen molar-refractivity contribution in [3.63, 3.8) is 0 Å². The zero-order valence-corrected chi connectivity index (χ0v) is 15.8. The first-order chi connectivity index (χ1) is 12.5. The lowest BCUT2D eigenvalue weighted by Crippen LogP contribution is -2.51. The van der Waals surface area contributed by atoms with Crippen LogP contribution in [0.3, 0.4) is 0 Å². The fourth-order valence-corrected chi connectivity index (χ4v) is 3.12. The van der Waals surface area contributed by atoms with Gasteiger partial charge in [-0.05, 0) is 23.8 Å². The highest BCUT2D eigenvalue weighted by Crippen LogP contribution is 2.17. The molecular weight excluding hydrogens is 366 g/mol. The highest BCUT2D eigenvalue weighted by Gasteiger charge is 2.26. The second kappa shape index (κ2) is 9.39. The molecule has 1 aliphatic heterocycles. The Morgan fingerprint density at radius 3 is 2.22 bits per heavy atom. The van der Waals surface area contributed by atoms with E-state index in [0.717, 1.165) is 5.56 Å². The van der Waals surface area contributed by atoms with Crippen LogP contribution in [-0.4, -0.2) is 52.9 Å². The number of nitrogens with zero attached hydrogens (tertiary/aromatic N) is 2. The molecule has 6 nitrogen and oxygen atoms in total. The van der Waals surface area contributed by atoms with E-state index in [9.17, 15) is 14.7 Å². The molecular formula is C20H24ClN3O3. The summed E-state index contributed by atoms with van der Waals surface area (Å²) in [5.74, 6) is -0.0562. The Hall–Kier alpha value is -2.57. The van der Waals surface area contributed by atoms with Gasteiger partial charge in [-0.2, -0.15) is 0 Å². The first-order valence-electron chi connectivity index (χ1n) is 8.71. The minimum Gasteiger partial charge on any atom is -0.508 e. The Balaban J connectivity index is 0.00000261. The maximum Gasteiger partial charge on any atom is 0.254 e. The van der Waals surface area contributed by atoms with E-state index >= 15 is 0 Å². The maximum absolute atomic E-state index is 12.5. The predicted octanol–water partition coefficient (Wildman–Crippen LogP) is 2.19. The molecule has 1 heterocycles. The van der Waals surface area contributed by atoms with Gasteiger partial charge in [-0.25, -0.2) is 0 Å². The Bertz CT molecular complexity index is 777. The molecule has 0 radical (unpaired) electrons. The molecule has 3 rings (SSSR count). The van der Waals surface area contributed by atoms with E-state index in [4.69, 9.17) is 5.73 Å². The van der Waals surface area contributed by atoms with Crippen molar-refractivity contribution in [2.75, 3.05) is 26.2 Å². The molecule has 1 unspecified atom stereocenters. The standard InChI is InChI=1S/C20H23N3O3.ClH/c21-18(15-5-2-1-3-6-15)14-19(25)22-9-11-23(12-10-22)20(26)16-7-4-8-17(24)13-16;/h1-8,13,18,24H,9-12,14,21H2;1H. The molecule has 0 aromatic heterocycles. The molecule has 1 atom stereocenters. The number of benzene rings is 2. The lowest BCUT2D eigenvalue weighted by Gasteiger charge is -2.35.